The average molecular weight is 497 g/mol. The molecule has 8 nitrogen and oxygen atoms in total. The molecular formula is C27H24N6O2S. The van der Waals surface area contributed by atoms with E-state index < -0.39 is 0 Å². The molecule has 0 atom stereocenters. The Kier molecular flexibility index (Phi) is 6.36. The van der Waals surface area contributed by atoms with E-state index in [0.29, 0.717) is 33.5 Å². The second-order valence-electron chi connectivity index (χ2n) is 8.74. The molecule has 1 saturated carbocycles. The van der Waals surface area contributed by atoms with Crippen molar-refractivity contribution in [3.63, 3.8) is 0 Å². The first kappa shape index (κ1) is 23.5. The van der Waals surface area contributed by atoms with Crippen LogP contribution in [0.5, 0.6) is 11.5 Å². The molecule has 0 aliphatic heterocycles. The van der Waals surface area contributed by atoms with Crippen LogP contribution in [0.4, 0.5) is 11.5 Å². The standard InChI is InChI=1S/C27H24N6O2S/c1-35-23-14-17(4-11-22(23)34)20-9-10-21-25(31-20)32-24(15-29-21)33-26(36)30-19-7-5-18(6-8-19)27(16-28)12-2-3-13-27/h4-11,14-15,34H,2-3,12-13H2,1H3,(H2,30,31,32,33,36). The summed E-state index contributed by atoms with van der Waals surface area (Å²) in [4.78, 5) is 13.6. The number of aromatic hydroxyl groups is 1. The zero-order valence-corrected chi connectivity index (χ0v) is 20.5. The van der Waals surface area contributed by atoms with E-state index in [1.807, 2.05) is 36.4 Å². The number of hydrogen-bond donors (Lipinski definition) is 3. The Labute approximate surface area is 214 Å². The number of nitrogens with zero attached hydrogens (tertiary/aromatic N) is 4. The lowest BCUT2D eigenvalue weighted by molar-refractivity contribution is 0.373. The molecule has 2 aromatic heterocycles. The van der Waals surface area contributed by atoms with E-state index in [2.05, 4.69) is 31.7 Å². The Morgan fingerprint density at radius 2 is 1.83 bits per heavy atom. The van der Waals surface area contributed by atoms with E-state index >= 15 is 0 Å². The summed E-state index contributed by atoms with van der Waals surface area (Å²) < 4.78 is 5.20. The van der Waals surface area contributed by atoms with E-state index in [1.54, 1.807) is 24.4 Å². The highest BCUT2D eigenvalue weighted by Gasteiger charge is 2.35. The number of phenolic OH excluding ortho intramolecular Hbond substituents is 1. The van der Waals surface area contributed by atoms with Crippen molar-refractivity contribution < 1.29 is 9.84 Å². The highest BCUT2D eigenvalue weighted by Crippen LogP contribution is 2.40. The molecule has 2 aromatic carbocycles. The quantitative estimate of drug-likeness (QED) is 0.306. The van der Waals surface area contributed by atoms with Gasteiger partial charge in [0.05, 0.1) is 30.5 Å². The first-order valence-electron chi connectivity index (χ1n) is 11.6. The highest BCUT2D eigenvalue weighted by atomic mass is 32.1. The van der Waals surface area contributed by atoms with Gasteiger partial charge in [-0.05, 0) is 73.1 Å². The maximum atomic E-state index is 9.86. The third kappa shape index (κ3) is 4.63. The molecule has 0 unspecified atom stereocenters. The van der Waals surface area contributed by atoms with Crippen molar-refractivity contribution in [1.29, 1.82) is 5.26 Å². The van der Waals surface area contributed by atoms with E-state index in [0.717, 1.165) is 42.5 Å². The molecular weight excluding hydrogens is 472 g/mol. The zero-order chi connectivity index (χ0) is 25.1. The molecule has 0 spiro atoms. The van der Waals surface area contributed by atoms with Gasteiger partial charge in [0.2, 0.25) is 0 Å². The number of phenols is 1. The van der Waals surface area contributed by atoms with Crippen LogP contribution >= 0.6 is 12.2 Å². The van der Waals surface area contributed by atoms with Gasteiger partial charge in [-0.1, -0.05) is 25.0 Å². The molecule has 5 rings (SSSR count). The summed E-state index contributed by atoms with van der Waals surface area (Å²) in [5.41, 5.74) is 4.06. The minimum absolute atomic E-state index is 0.0621. The topological polar surface area (TPSA) is 116 Å². The lowest BCUT2D eigenvalue weighted by Gasteiger charge is -2.21. The van der Waals surface area contributed by atoms with Crippen LogP contribution in [0.25, 0.3) is 22.4 Å². The zero-order valence-electron chi connectivity index (χ0n) is 19.7. The Hall–Kier alpha value is -4.29. The number of methoxy groups -OCH3 is 1. The Bertz CT molecular complexity index is 1480. The van der Waals surface area contributed by atoms with Crippen LogP contribution in [0.15, 0.2) is 60.8 Å². The molecule has 1 aliphatic rings. The first-order valence-corrected chi connectivity index (χ1v) is 12.0. The predicted molar refractivity (Wildman–Crippen MR) is 143 cm³/mol. The fraction of sp³-hybridized carbons (Fsp3) is 0.222. The number of hydrogen-bond acceptors (Lipinski definition) is 7. The number of thiocarbonyl (C=S) groups is 1. The van der Waals surface area contributed by atoms with Gasteiger partial charge in [0.15, 0.2) is 28.1 Å². The van der Waals surface area contributed by atoms with Gasteiger partial charge in [0, 0.05) is 11.3 Å². The Balaban J connectivity index is 1.30. The monoisotopic (exact) mass is 496 g/mol. The summed E-state index contributed by atoms with van der Waals surface area (Å²) in [6.45, 7) is 0. The van der Waals surface area contributed by atoms with Gasteiger partial charge in [-0.25, -0.2) is 15.0 Å². The molecule has 9 heteroatoms. The van der Waals surface area contributed by atoms with Crippen molar-refractivity contribution in [3.8, 4) is 28.8 Å². The molecule has 1 fully saturated rings. The molecule has 3 N–H and O–H groups in total. The normalized spacial score (nSPS) is 14.2. The van der Waals surface area contributed by atoms with E-state index in [1.165, 1.54) is 7.11 Å². The van der Waals surface area contributed by atoms with E-state index in [-0.39, 0.29) is 11.2 Å². The van der Waals surface area contributed by atoms with Gasteiger partial charge >= 0.3 is 0 Å². The van der Waals surface area contributed by atoms with Crippen LogP contribution in [0.2, 0.25) is 0 Å². The van der Waals surface area contributed by atoms with Gasteiger partial charge in [0.1, 0.15) is 5.52 Å². The number of ether oxygens (including phenoxy) is 1. The predicted octanol–water partition coefficient (Wildman–Crippen LogP) is 5.55. The van der Waals surface area contributed by atoms with Gasteiger partial charge in [0.25, 0.3) is 0 Å². The van der Waals surface area contributed by atoms with Crippen molar-refractivity contribution in [1.82, 2.24) is 15.0 Å². The number of nitrogens with one attached hydrogen (secondary N) is 2. The summed E-state index contributed by atoms with van der Waals surface area (Å²) >= 11 is 5.47. The second kappa shape index (κ2) is 9.76. The third-order valence-corrected chi connectivity index (χ3v) is 6.69. The number of rotatable bonds is 5. The molecule has 1 aliphatic carbocycles. The summed E-state index contributed by atoms with van der Waals surface area (Å²) in [6.07, 6.45) is 5.60. The molecule has 0 amide bonds. The van der Waals surface area contributed by atoms with Crippen LogP contribution in [0, 0.1) is 11.3 Å². The van der Waals surface area contributed by atoms with Crippen LogP contribution in [0.1, 0.15) is 31.2 Å². The summed E-state index contributed by atoms with van der Waals surface area (Å²) in [7, 11) is 1.50. The molecule has 0 radical (unpaired) electrons. The molecule has 0 saturated heterocycles. The molecule has 180 valence electrons. The third-order valence-electron chi connectivity index (χ3n) is 6.49. The summed E-state index contributed by atoms with van der Waals surface area (Å²) in [6, 6.07) is 19.1. The molecule has 36 heavy (non-hydrogen) atoms. The van der Waals surface area contributed by atoms with Crippen molar-refractivity contribution in [2.75, 3.05) is 17.7 Å². The van der Waals surface area contributed by atoms with Crippen molar-refractivity contribution in [3.05, 3.63) is 66.4 Å². The second-order valence-corrected chi connectivity index (χ2v) is 9.15. The van der Waals surface area contributed by atoms with Gasteiger partial charge in [-0.3, -0.25) is 0 Å². The van der Waals surface area contributed by atoms with Crippen LogP contribution in [-0.2, 0) is 5.41 Å². The fourth-order valence-electron chi connectivity index (χ4n) is 4.55. The molecule has 2 heterocycles. The number of fused-ring (bicyclic) bond motifs is 1. The van der Waals surface area contributed by atoms with Crippen molar-refractivity contribution in [2.24, 2.45) is 0 Å². The number of pyridine rings is 1. The smallest absolute Gasteiger partial charge is 0.180 e. The maximum Gasteiger partial charge on any atom is 0.180 e. The Morgan fingerprint density at radius 3 is 2.56 bits per heavy atom. The molecule has 0 bridgehead atoms. The van der Waals surface area contributed by atoms with E-state index in [9.17, 15) is 10.4 Å². The lowest BCUT2D eigenvalue weighted by atomic mass is 9.80. The average Bonchev–Trinajstić information content (AvgIpc) is 3.39. The van der Waals surface area contributed by atoms with Crippen molar-refractivity contribution in [2.45, 2.75) is 31.1 Å². The van der Waals surface area contributed by atoms with E-state index in [4.69, 9.17) is 17.0 Å². The van der Waals surface area contributed by atoms with Gasteiger partial charge in [-0.15, -0.1) is 0 Å². The number of anilines is 2. The fourth-order valence-corrected chi connectivity index (χ4v) is 4.77. The molecule has 4 aromatic rings. The van der Waals surface area contributed by atoms with Gasteiger partial charge < -0.3 is 20.5 Å². The maximum absolute atomic E-state index is 9.86. The Morgan fingerprint density at radius 1 is 1.06 bits per heavy atom. The number of benzene rings is 2. The van der Waals surface area contributed by atoms with Gasteiger partial charge in [-0.2, -0.15) is 5.26 Å². The SMILES string of the molecule is COc1cc(-c2ccc3ncc(NC(=S)Nc4ccc(C5(C#N)CCCC5)cc4)nc3n2)ccc1O. The minimum Gasteiger partial charge on any atom is -0.504 e. The number of aromatic nitrogens is 3. The van der Waals surface area contributed by atoms with Crippen LogP contribution in [-0.4, -0.2) is 32.3 Å². The van der Waals surface area contributed by atoms with Crippen molar-refractivity contribution >= 4 is 40.0 Å². The minimum atomic E-state index is -0.366. The van der Waals surface area contributed by atoms with Crippen LogP contribution in [0.3, 0.4) is 0 Å². The lowest BCUT2D eigenvalue weighted by Crippen LogP contribution is -2.21. The van der Waals surface area contributed by atoms with Crippen LogP contribution < -0.4 is 15.4 Å². The summed E-state index contributed by atoms with van der Waals surface area (Å²) in [5, 5.41) is 26.1. The first-order chi connectivity index (χ1) is 17.5. The number of nitriles is 1. The summed E-state index contributed by atoms with van der Waals surface area (Å²) in [5.74, 6) is 0.886. The highest BCUT2D eigenvalue weighted by molar-refractivity contribution is 7.80. The largest absolute Gasteiger partial charge is 0.504 e.